The first-order chi connectivity index (χ1) is 16.0. The topological polar surface area (TPSA) is 46.0 Å². The molecule has 1 fully saturated rings. The van der Waals surface area contributed by atoms with Crippen LogP contribution in [-0.2, 0) is 6.54 Å². The molecule has 5 rings (SSSR count). The van der Waals surface area contributed by atoms with Crippen molar-refractivity contribution in [1.29, 1.82) is 0 Å². The van der Waals surface area contributed by atoms with Gasteiger partial charge in [-0.3, -0.25) is 9.97 Å². The molecule has 0 amide bonds. The molecule has 7 heteroatoms. The molecule has 1 aromatic carbocycles. The van der Waals surface area contributed by atoms with Crippen molar-refractivity contribution in [2.45, 2.75) is 32.5 Å². The summed E-state index contributed by atoms with van der Waals surface area (Å²) in [6, 6.07) is 20.1. The number of nitrogens with one attached hydrogen (secondary N) is 1. The quantitative estimate of drug-likeness (QED) is 0.372. The number of hydrogen-bond acceptors (Lipinski definition) is 3. The number of aromatic nitrogens is 3. The summed E-state index contributed by atoms with van der Waals surface area (Å²) in [6.45, 7) is 5.13. The molecule has 4 heterocycles. The summed E-state index contributed by atoms with van der Waals surface area (Å²) in [6.07, 6.45) is 5.50. The molecule has 2 unspecified atom stereocenters. The summed E-state index contributed by atoms with van der Waals surface area (Å²) in [5.41, 5.74) is 6.81. The van der Waals surface area contributed by atoms with E-state index in [9.17, 15) is 0 Å². The first kappa shape index (κ1) is 21.6. The van der Waals surface area contributed by atoms with Crippen molar-refractivity contribution in [1.82, 2.24) is 19.9 Å². The monoisotopic (exact) mass is 473 g/mol. The van der Waals surface area contributed by atoms with Gasteiger partial charge in [0.1, 0.15) is 0 Å². The van der Waals surface area contributed by atoms with E-state index in [2.05, 4.69) is 62.9 Å². The first-order valence-electron chi connectivity index (χ1n) is 10.8. The lowest BCUT2D eigenvalue weighted by atomic mass is 9.96. The van der Waals surface area contributed by atoms with Crippen molar-refractivity contribution in [2.24, 2.45) is 0 Å². The number of nitrogens with zero attached hydrogens (tertiary/aromatic N) is 4. The van der Waals surface area contributed by atoms with Crippen LogP contribution in [0.5, 0.6) is 0 Å². The summed E-state index contributed by atoms with van der Waals surface area (Å²) in [4.78, 5) is 11.0. The predicted molar refractivity (Wildman–Crippen MR) is 137 cm³/mol. The maximum Gasteiger partial charge on any atom is 0.174 e. The van der Waals surface area contributed by atoms with E-state index in [1.807, 2.05) is 55.0 Å². The minimum Gasteiger partial charge on any atom is -0.351 e. The lowest BCUT2D eigenvalue weighted by Gasteiger charge is -2.28. The maximum absolute atomic E-state index is 6.17. The van der Waals surface area contributed by atoms with Crippen LogP contribution in [0.25, 0.3) is 0 Å². The van der Waals surface area contributed by atoms with Gasteiger partial charge in [-0.25, -0.2) is 0 Å². The fraction of sp³-hybridized carbons (Fsp3) is 0.192. The van der Waals surface area contributed by atoms with Crippen LogP contribution in [0.15, 0.2) is 79.3 Å². The van der Waals surface area contributed by atoms with Crippen LogP contribution in [0.3, 0.4) is 0 Å². The molecule has 33 heavy (non-hydrogen) atoms. The largest absolute Gasteiger partial charge is 0.351 e. The van der Waals surface area contributed by atoms with Gasteiger partial charge in [-0.05, 0) is 91.8 Å². The van der Waals surface area contributed by atoms with Crippen LogP contribution in [0.2, 0.25) is 5.02 Å². The summed E-state index contributed by atoms with van der Waals surface area (Å²) in [5.74, 6) is 0. The molecule has 4 aromatic rings. The Morgan fingerprint density at radius 1 is 1.00 bits per heavy atom. The van der Waals surface area contributed by atoms with E-state index in [-0.39, 0.29) is 12.1 Å². The molecule has 166 valence electrons. The lowest BCUT2D eigenvalue weighted by molar-refractivity contribution is 0.563. The molecular weight excluding hydrogens is 450 g/mol. The van der Waals surface area contributed by atoms with Crippen molar-refractivity contribution in [3.8, 4) is 0 Å². The SMILES string of the molecule is Cc1cc(C2C(c3ccccn3)NC(=S)N2c2ccc(Cl)cc2)c(C)n1Cc1ccncc1. The number of rotatable bonds is 5. The fourth-order valence-corrected chi connectivity index (χ4v) is 5.06. The van der Waals surface area contributed by atoms with Crippen LogP contribution in [0.4, 0.5) is 5.69 Å². The molecule has 0 radical (unpaired) electrons. The van der Waals surface area contributed by atoms with Gasteiger partial charge in [0.15, 0.2) is 5.11 Å². The maximum atomic E-state index is 6.17. The van der Waals surface area contributed by atoms with Crippen molar-refractivity contribution in [3.63, 3.8) is 0 Å². The standard InChI is InChI=1S/C26H24ClN5S/c1-17-15-22(18(2)31(17)16-19-10-13-28-14-11-19)25-24(23-5-3-4-12-29-23)30-26(33)32(25)21-8-6-20(27)7-9-21/h3-15,24-25H,16H2,1-2H3,(H,30,33). The lowest BCUT2D eigenvalue weighted by Crippen LogP contribution is -2.29. The molecule has 0 aliphatic carbocycles. The summed E-state index contributed by atoms with van der Waals surface area (Å²) >= 11 is 12.0. The third kappa shape index (κ3) is 4.12. The first-order valence-corrected chi connectivity index (χ1v) is 11.6. The number of anilines is 1. The van der Waals surface area contributed by atoms with Crippen molar-refractivity contribution < 1.29 is 0 Å². The zero-order valence-electron chi connectivity index (χ0n) is 18.4. The summed E-state index contributed by atoms with van der Waals surface area (Å²) < 4.78 is 2.35. The molecule has 0 spiro atoms. The zero-order valence-corrected chi connectivity index (χ0v) is 20.0. The van der Waals surface area contributed by atoms with Crippen LogP contribution in [0.1, 0.15) is 40.3 Å². The third-order valence-corrected chi connectivity index (χ3v) is 6.79. The van der Waals surface area contributed by atoms with Crippen LogP contribution < -0.4 is 10.2 Å². The van der Waals surface area contributed by atoms with E-state index in [1.54, 1.807) is 0 Å². The van der Waals surface area contributed by atoms with Crippen LogP contribution in [-0.4, -0.2) is 19.6 Å². The minimum absolute atomic E-state index is 0.0500. The van der Waals surface area contributed by atoms with Gasteiger partial charge < -0.3 is 14.8 Å². The van der Waals surface area contributed by atoms with Gasteiger partial charge in [0.05, 0.1) is 17.8 Å². The molecule has 1 N–H and O–H groups in total. The zero-order chi connectivity index (χ0) is 22.9. The van der Waals surface area contributed by atoms with Crippen LogP contribution >= 0.6 is 23.8 Å². The Labute approximate surface area is 204 Å². The van der Waals surface area contributed by atoms with Gasteiger partial charge in [0.2, 0.25) is 0 Å². The van der Waals surface area contributed by atoms with Gasteiger partial charge in [-0.1, -0.05) is 17.7 Å². The van der Waals surface area contributed by atoms with Gasteiger partial charge in [0, 0.05) is 47.2 Å². The predicted octanol–water partition coefficient (Wildman–Crippen LogP) is 5.77. The third-order valence-electron chi connectivity index (χ3n) is 6.22. The second-order valence-electron chi connectivity index (χ2n) is 8.24. The fourth-order valence-electron chi connectivity index (χ4n) is 4.59. The number of halogens is 1. The molecule has 1 saturated heterocycles. The molecule has 3 aromatic heterocycles. The second kappa shape index (κ2) is 8.96. The van der Waals surface area contributed by atoms with E-state index in [0.717, 1.165) is 17.9 Å². The van der Waals surface area contributed by atoms with E-state index in [0.29, 0.717) is 10.1 Å². The number of benzene rings is 1. The van der Waals surface area contributed by atoms with Crippen molar-refractivity contribution >= 4 is 34.6 Å². The highest BCUT2D eigenvalue weighted by molar-refractivity contribution is 7.80. The van der Waals surface area contributed by atoms with E-state index < -0.39 is 0 Å². The Balaban J connectivity index is 1.62. The number of hydrogen-bond donors (Lipinski definition) is 1. The Hall–Kier alpha value is -3.22. The second-order valence-corrected chi connectivity index (χ2v) is 9.06. The molecule has 1 aliphatic heterocycles. The van der Waals surface area contributed by atoms with Crippen LogP contribution in [0, 0.1) is 13.8 Å². The van der Waals surface area contributed by atoms with E-state index in [1.165, 1.54) is 22.5 Å². The Morgan fingerprint density at radius 3 is 2.45 bits per heavy atom. The molecule has 0 bridgehead atoms. The Morgan fingerprint density at radius 2 is 1.76 bits per heavy atom. The number of thiocarbonyl (C=S) groups is 1. The van der Waals surface area contributed by atoms with Gasteiger partial charge in [-0.2, -0.15) is 0 Å². The highest BCUT2D eigenvalue weighted by Gasteiger charge is 2.42. The molecular formula is C26H24ClN5S. The van der Waals surface area contributed by atoms with E-state index >= 15 is 0 Å². The average molecular weight is 474 g/mol. The average Bonchev–Trinajstić information content (AvgIpc) is 3.32. The smallest absolute Gasteiger partial charge is 0.174 e. The van der Waals surface area contributed by atoms with Crippen molar-refractivity contribution in [3.05, 3.63) is 112 Å². The molecule has 1 aliphatic rings. The van der Waals surface area contributed by atoms with Gasteiger partial charge in [0.25, 0.3) is 0 Å². The Bertz CT molecular complexity index is 1270. The number of pyridine rings is 2. The normalized spacial score (nSPS) is 17.9. The number of aryl methyl sites for hydroxylation is 1. The summed E-state index contributed by atoms with van der Waals surface area (Å²) in [5, 5.41) is 4.91. The summed E-state index contributed by atoms with van der Waals surface area (Å²) in [7, 11) is 0. The van der Waals surface area contributed by atoms with Gasteiger partial charge in [-0.15, -0.1) is 0 Å². The molecule has 5 nitrogen and oxygen atoms in total. The Kier molecular flexibility index (Phi) is 5.87. The van der Waals surface area contributed by atoms with E-state index in [4.69, 9.17) is 23.8 Å². The van der Waals surface area contributed by atoms with Gasteiger partial charge >= 0.3 is 0 Å². The molecule has 0 saturated carbocycles. The van der Waals surface area contributed by atoms with Crippen molar-refractivity contribution in [2.75, 3.05) is 4.90 Å². The molecule has 2 atom stereocenters. The highest BCUT2D eigenvalue weighted by atomic mass is 35.5. The highest BCUT2D eigenvalue weighted by Crippen LogP contribution is 2.43. The minimum atomic E-state index is -0.0794.